The Morgan fingerprint density at radius 3 is 2.54 bits per heavy atom. The summed E-state index contributed by atoms with van der Waals surface area (Å²) in [5, 5.41) is 11.4. The fourth-order valence-corrected chi connectivity index (χ4v) is 4.38. The molecule has 7 nitrogen and oxygen atoms in total. The largest absolute Gasteiger partial charge is 0.356 e. The Hall–Kier alpha value is -2.15. The molecule has 3 fully saturated rings. The van der Waals surface area contributed by atoms with Gasteiger partial charge in [0, 0.05) is 62.1 Å². The van der Waals surface area contributed by atoms with Crippen molar-refractivity contribution in [3.05, 3.63) is 29.2 Å². The van der Waals surface area contributed by atoms with E-state index in [1.165, 1.54) is 37.1 Å². The number of anilines is 2. The molecule has 3 aliphatic rings. The Morgan fingerprint density at radius 2 is 1.79 bits per heavy atom. The predicted octanol–water partition coefficient (Wildman–Crippen LogP) is 2.74. The number of rotatable bonds is 6. The van der Waals surface area contributed by atoms with Crippen molar-refractivity contribution in [1.82, 2.24) is 25.5 Å². The maximum absolute atomic E-state index is 4.89. The molecule has 4 heterocycles. The lowest BCUT2D eigenvalue weighted by Crippen LogP contribution is -2.42. The number of aryl methyl sites for hydroxylation is 1. The SMILES string of the molecule is Cc1cc(N2CCC(NCc3cc(C4CC4)n[nH]3)CC2)nc(N2CCCC2)n1. The molecule has 0 unspecified atom stereocenters. The molecule has 150 valence electrons. The Kier molecular flexibility index (Phi) is 4.93. The number of hydrogen-bond donors (Lipinski definition) is 2. The molecule has 2 N–H and O–H groups in total. The molecule has 2 aromatic heterocycles. The van der Waals surface area contributed by atoms with E-state index in [0.29, 0.717) is 6.04 Å². The van der Waals surface area contributed by atoms with Gasteiger partial charge in [-0.25, -0.2) is 4.98 Å². The van der Waals surface area contributed by atoms with Crippen LogP contribution in [0.4, 0.5) is 11.8 Å². The van der Waals surface area contributed by atoms with Crippen LogP contribution in [-0.4, -0.2) is 52.4 Å². The van der Waals surface area contributed by atoms with Crippen LogP contribution < -0.4 is 15.1 Å². The molecule has 0 spiro atoms. The molecule has 0 atom stereocenters. The van der Waals surface area contributed by atoms with E-state index in [-0.39, 0.29) is 0 Å². The van der Waals surface area contributed by atoms with Gasteiger partial charge in [-0.1, -0.05) is 0 Å². The molecular weight excluding hydrogens is 350 g/mol. The number of aromatic amines is 1. The number of nitrogens with one attached hydrogen (secondary N) is 2. The highest BCUT2D eigenvalue weighted by Gasteiger charge is 2.26. The molecule has 2 aliphatic heterocycles. The van der Waals surface area contributed by atoms with Crippen LogP contribution in [0.25, 0.3) is 0 Å². The monoisotopic (exact) mass is 381 g/mol. The van der Waals surface area contributed by atoms with Crippen molar-refractivity contribution >= 4 is 11.8 Å². The highest BCUT2D eigenvalue weighted by Crippen LogP contribution is 2.39. The summed E-state index contributed by atoms with van der Waals surface area (Å²) in [4.78, 5) is 14.3. The molecular formula is C21H31N7. The fraction of sp³-hybridized carbons (Fsp3) is 0.667. The molecule has 0 radical (unpaired) electrons. The van der Waals surface area contributed by atoms with E-state index in [2.05, 4.69) is 49.4 Å². The highest BCUT2D eigenvalue weighted by molar-refractivity contribution is 5.46. The zero-order valence-corrected chi connectivity index (χ0v) is 16.8. The number of H-pyrrole nitrogens is 1. The van der Waals surface area contributed by atoms with Gasteiger partial charge in [-0.3, -0.25) is 5.10 Å². The third kappa shape index (κ3) is 3.99. The van der Waals surface area contributed by atoms with Crippen molar-refractivity contribution in [3.63, 3.8) is 0 Å². The van der Waals surface area contributed by atoms with E-state index in [1.807, 2.05) is 0 Å². The van der Waals surface area contributed by atoms with Gasteiger partial charge < -0.3 is 15.1 Å². The molecule has 0 aromatic carbocycles. The molecule has 0 bridgehead atoms. The van der Waals surface area contributed by atoms with Crippen molar-refractivity contribution in [2.75, 3.05) is 36.0 Å². The van der Waals surface area contributed by atoms with Gasteiger partial charge in [-0.05, 0) is 51.5 Å². The van der Waals surface area contributed by atoms with E-state index >= 15 is 0 Å². The van der Waals surface area contributed by atoms with Gasteiger partial charge in [0.1, 0.15) is 5.82 Å². The van der Waals surface area contributed by atoms with Crippen LogP contribution in [0.1, 0.15) is 61.5 Å². The van der Waals surface area contributed by atoms with Crippen molar-refractivity contribution < 1.29 is 0 Å². The van der Waals surface area contributed by atoms with Gasteiger partial charge in [0.25, 0.3) is 0 Å². The molecule has 7 heteroatoms. The van der Waals surface area contributed by atoms with E-state index in [9.17, 15) is 0 Å². The lowest BCUT2D eigenvalue weighted by atomic mass is 10.0. The lowest BCUT2D eigenvalue weighted by molar-refractivity contribution is 0.410. The van der Waals surface area contributed by atoms with Gasteiger partial charge in [0.2, 0.25) is 5.95 Å². The van der Waals surface area contributed by atoms with Crippen LogP contribution in [0.5, 0.6) is 0 Å². The summed E-state index contributed by atoms with van der Waals surface area (Å²) in [7, 11) is 0. The van der Waals surface area contributed by atoms with Gasteiger partial charge in [0.05, 0.1) is 5.69 Å². The summed E-state index contributed by atoms with van der Waals surface area (Å²) < 4.78 is 0. The van der Waals surface area contributed by atoms with Gasteiger partial charge >= 0.3 is 0 Å². The van der Waals surface area contributed by atoms with Crippen LogP contribution in [0, 0.1) is 6.92 Å². The Bertz CT molecular complexity index is 799. The van der Waals surface area contributed by atoms with Crippen LogP contribution in [0.3, 0.4) is 0 Å². The minimum atomic E-state index is 0.560. The molecule has 0 amide bonds. The van der Waals surface area contributed by atoms with Crippen molar-refractivity contribution in [2.24, 2.45) is 0 Å². The van der Waals surface area contributed by atoms with Crippen LogP contribution in [0.15, 0.2) is 12.1 Å². The molecule has 28 heavy (non-hydrogen) atoms. The second-order valence-corrected chi connectivity index (χ2v) is 8.60. The average molecular weight is 382 g/mol. The molecule has 5 rings (SSSR count). The first-order valence-electron chi connectivity index (χ1n) is 10.9. The summed E-state index contributed by atoms with van der Waals surface area (Å²) in [6.07, 6.45) is 7.40. The Balaban J connectivity index is 1.15. The number of nitrogens with zero attached hydrogens (tertiary/aromatic N) is 5. The number of aromatic nitrogens is 4. The first-order chi connectivity index (χ1) is 13.7. The average Bonchev–Trinajstić information content (AvgIpc) is 3.21. The van der Waals surface area contributed by atoms with Gasteiger partial charge in [0.15, 0.2) is 0 Å². The van der Waals surface area contributed by atoms with Crippen molar-refractivity contribution in [2.45, 2.75) is 64.0 Å². The summed E-state index contributed by atoms with van der Waals surface area (Å²) in [6, 6.07) is 4.94. The summed E-state index contributed by atoms with van der Waals surface area (Å²) in [6.45, 7) is 7.24. The summed E-state index contributed by atoms with van der Waals surface area (Å²) >= 11 is 0. The maximum Gasteiger partial charge on any atom is 0.227 e. The first-order valence-corrected chi connectivity index (χ1v) is 10.9. The first kappa shape index (κ1) is 17.9. The third-order valence-electron chi connectivity index (χ3n) is 6.26. The van der Waals surface area contributed by atoms with Crippen molar-refractivity contribution in [3.8, 4) is 0 Å². The van der Waals surface area contributed by atoms with E-state index in [4.69, 9.17) is 4.98 Å². The predicted molar refractivity (Wildman–Crippen MR) is 111 cm³/mol. The Labute approximate surface area is 166 Å². The minimum absolute atomic E-state index is 0.560. The van der Waals surface area contributed by atoms with Crippen LogP contribution >= 0.6 is 0 Å². The standard InChI is InChI=1S/C21H31N7/c1-15-12-20(24-21(23-15)28-8-2-3-9-28)27-10-6-17(7-11-27)22-14-18-13-19(26-25-18)16-4-5-16/h12-13,16-17,22H,2-11,14H2,1H3,(H,25,26). The second-order valence-electron chi connectivity index (χ2n) is 8.60. The third-order valence-corrected chi connectivity index (χ3v) is 6.26. The smallest absolute Gasteiger partial charge is 0.227 e. The van der Waals surface area contributed by atoms with Gasteiger partial charge in [-0.15, -0.1) is 0 Å². The molecule has 1 aliphatic carbocycles. The summed E-state index contributed by atoms with van der Waals surface area (Å²) in [5.41, 5.74) is 3.53. The maximum atomic E-state index is 4.89. The number of hydrogen-bond acceptors (Lipinski definition) is 6. The minimum Gasteiger partial charge on any atom is -0.356 e. The Morgan fingerprint density at radius 1 is 1.00 bits per heavy atom. The zero-order valence-electron chi connectivity index (χ0n) is 16.8. The van der Waals surface area contributed by atoms with Crippen LogP contribution in [-0.2, 0) is 6.54 Å². The highest BCUT2D eigenvalue weighted by atomic mass is 15.3. The van der Waals surface area contributed by atoms with E-state index in [0.717, 1.165) is 68.9 Å². The van der Waals surface area contributed by atoms with Crippen LogP contribution in [0.2, 0.25) is 0 Å². The van der Waals surface area contributed by atoms with E-state index in [1.54, 1.807) is 0 Å². The zero-order chi connectivity index (χ0) is 18.9. The normalized spacial score (nSPS) is 20.9. The van der Waals surface area contributed by atoms with Gasteiger partial charge in [-0.2, -0.15) is 10.1 Å². The van der Waals surface area contributed by atoms with Crippen molar-refractivity contribution in [1.29, 1.82) is 0 Å². The quantitative estimate of drug-likeness (QED) is 0.802. The lowest BCUT2D eigenvalue weighted by Gasteiger charge is -2.33. The molecule has 1 saturated carbocycles. The fourth-order valence-electron chi connectivity index (χ4n) is 4.38. The molecule has 2 aromatic rings. The second kappa shape index (κ2) is 7.70. The topological polar surface area (TPSA) is 73.0 Å². The number of piperidine rings is 1. The molecule has 2 saturated heterocycles. The summed E-state index contributed by atoms with van der Waals surface area (Å²) in [5.74, 6) is 2.73. The van der Waals surface area contributed by atoms with E-state index < -0.39 is 0 Å².